The summed E-state index contributed by atoms with van der Waals surface area (Å²) in [6.07, 6.45) is 0. The van der Waals surface area contributed by atoms with E-state index in [4.69, 9.17) is 9.47 Å². The molecule has 0 aromatic heterocycles. The number of benzene rings is 2. The van der Waals surface area contributed by atoms with Gasteiger partial charge in [-0.25, -0.2) is 0 Å². The predicted molar refractivity (Wildman–Crippen MR) is 89.3 cm³/mol. The Morgan fingerprint density at radius 2 is 1.67 bits per heavy atom. The Balaban J connectivity index is 2.59. The summed E-state index contributed by atoms with van der Waals surface area (Å²) in [6, 6.07) is 12.3. The van der Waals surface area contributed by atoms with Gasteiger partial charge in [0.2, 0.25) is 0 Å². The number of rotatable bonds is 5. The molecule has 1 unspecified atom stereocenters. The number of methoxy groups -OCH3 is 2. The molecule has 0 aliphatic carbocycles. The Kier molecular flexibility index (Phi) is 5.26. The van der Waals surface area contributed by atoms with Crippen LogP contribution in [-0.4, -0.2) is 21.3 Å². The van der Waals surface area contributed by atoms with Crippen molar-refractivity contribution >= 4 is 15.9 Å². The highest BCUT2D eigenvalue weighted by Gasteiger charge is 2.20. The molecule has 3 nitrogen and oxygen atoms in total. The van der Waals surface area contributed by atoms with Crippen LogP contribution < -0.4 is 14.8 Å². The molecule has 0 bridgehead atoms. The maximum atomic E-state index is 5.54. The Hall–Kier alpha value is -1.52. The monoisotopic (exact) mass is 349 g/mol. The van der Waals surface area contributed by atoms with E-state index in [2.05, 4.69) is 46.4 Å². The first kappa shape index (κ1) is 15.9. The van der Waals surface area contributed by atoms with Gasteiger partial charge in [0.15, 0.2) is 0 Å². The highest BCUT2D eigenvalue weighted by molar-refractivity contribution is 9.10. The lowest BCUT2D eigenvalue weighted by Crippen LogP contribution is -2.19. The van der Waals surface area contributed by atoms with Gasteiger partial charge >= 0.3 is 0 Å². The van der Waals surface area contributed by atoms with Gasteiger partial charge in [-0.3, -0.25) is 0 Å². The summed E-state index contributed by atoms with van der Waals surface area (Å²) in [6.45, 7) is 2.11. The molecule has 1 N–H and O–H groups in total. The van der Waals surface area contributed by atoms with Gasteiger partial charge in [-0.05, 0) is 53.2 Å². The molecule has 2 rings (SSSR count). The van der Waals surface area contributed by atoms with E-state index in [0.717, 1.165) is 21.5 Å². The smallest absolute Gasteiger partial charge is 0.133 e. The standard InChI is InChI=1S/C17H20BrNO2/c1-11-7-5-6-8-12(11)17(19-2)13-9-16(21-4)14(18)10-15(13)20-3/h5-10,17,19H,1-4H3. The van der Waals surface area contributed by atoms with Crippen molar-refractivity contribution < 1.29 is 9.47 Å². The van der Waals surface area contributed by atoms with Crippen LogP contribution in [0.1, 0.15) is 22.7 Å². The van der Waals surface area contributed by atoms with Crippen LogP contribution in [0, 0.1) is 6.92 Å². The Labute approximate surface area is 134 Å². The average molecular weight is 350 g/mol. The molecular formula is C17H20BrNO2. The maximum absolute atomic E-state index is 5.54. The second kappa shape index (κ2) is 6.96. The van der Waals surface area contributed by atoms with Crippen LogP contribution in [0.5, 0.6) is 11.5 Å². The molecule has 21 heavy (non-hydrogen) atoms. The van der Waals surface area contributed by atoms with Crippen molar-refractivity contribution in [2.45, 2.75) is 13.0 Å². The van der Waals surface area contributed by atoms with E-state index in [1.54, 1.807) is 14.2 Å². The third-order valence-corrected chi connectivity index (χ3v) is 4.22. The van der Waals surface area contributed by atoms with Crippen molar-refractivity contribution in [2.24, 2.45) is 0 Å². The zero-order valence-electron chi connectivity index (χ0n) is 12.7. The summed E-state index contributed by atoms with van der Waals surface area (Å²) < 4.78 is 11.8. The van der Waals surface area contributed by atoms with E-state index in [1.165, 1.54) is 11.1 Å². The second-order valence-corrected chi connectivity index (χ2v) is 5.66. The zero-order valence-corrected chi connectivity index (χ0v) is 14.3. The van der Waals surface area contributed by atoms with Gasteiger partial charge in [-0.1, -0.05) is 24.3 Å². The first-order chi connectivity index (χ1) is 10.1. The normalized spacial score (nSPS) is 12.0. The Morgan fingerprint density at radius 1 is 1.00 bits per heavy atom. The van der Waals surface area contributed by atoms with Crippen molar-refractivity contribution in [3.63, 3.8) is 0 Å². The third-order valence-electron chi connectivity index (χ3n) is 3.60. The average Bonchev–Trinajstić information content (AvgIpc) is 2.50. The molecule has 2 aromatic carbocycles. The van der Waals surface area contributed by atoms with Crippen LogP contribution in [0.2, 0.25) is 0 Å². The van der Waals surface area contributed by atoms with E-state index < -0.39 is 0 Å². The fourth-order valence-corrected chi connectivity index (χ4v) is 2.98. The second-order valence-electron chi connectivity index (χ2n) is 4.81. The van der Waals surface area contributed by atoms with E-state index in [9.17, 15) is 0 Å². The lowest BCUT2D eigenvalue weighted by atomic mass is 9.94. The Morgan fingerprint density at radius 3 is 2.24 bits per heavy atom. The number of ether oxygens (including phenoxy) is 2. The molecule has 0 heterocycles. The molecule has 0 radical (unpaired) electrons. The minimum atomic E-state index is 0.0446. The third kappa shape index (κ3) is 3.22. The van der Waals surface area contributed by atoms with Crippen molar-refractivity contribution in [1.29, 1.82) is 0 Å². The number of nitrogens with one attached hydrogen (secondary N) is 1. The number of hydrogen-bond donors (Lipinski definition) is 1. The van der Waals surface area contributed by atoms with Gasteiger partial charge in [0.05, 0.1) is 24.7 Å². The molecular weight excluding hydrogens is 330 g/mol. The van der Waals surface area contributed by atoms with E-state index in [0.29, 0.717) is 0 Å². The SMILES string of the molecule is CNC(c1ccccc1C)c1cc(OC)c(Br)cc1OC. The molecule has 1 atom stereocenters. The summed E-state index contributed by atoms with van der Waals surface area (Å²) in [5, 5.41) is 3.37. The minimum absolute atomic E-state index is 0.0446. The van der Waals surface area contributed by atoms with Crippen LogP contribution in [0.25, 0.3) is 0 Å². The molecule has 2 aromatic rings. The van der Waals surface area contributed by atoms with Crippen LogP contribution in [0.3, 0.4) is 0 Å². The lowest BCUT2D eigenvalue weighted by molar-refractivity contribution is 0.393. The van der Waals surface area contributed by atoms with Crippen LogP contribution in [-0.2, 0) is 0 Å². The largest absolute Gasteiger partial charge is 0.496 e. The van der Waals surface area contributed by atoms with Gasteiger partial charge in [0.25, 0.3) is 0 Å². The van der Waals surface area contributed by atoms with E-state index in [1.807, 2.05) is 25.2 Å². The first-order valence-electron chi connectivity index (χ1n) is 6.76. The number of hydrogen-bond acceptors (Lipinski definition) is 3. The molecule has 0 aliphatic heterocycles. The lowest BCUT2D eigenvalue weighted by Gasteiger charge is -2.22. The fraction of sp³-hybridized carbons (Fsp3) is 0.294. The summed E-state index contributed by atoms with van der Waals surface area (Å²) >= 11 is 3.50. The molecule has 0 saturated carbocycles. The highest BCUT2D eigenvalue weighted by atomic mass is 79.9. The minimum Gasteiger partial charge on any atom is -0.496 e. The summed E-state index contributed by atoms with van der Waals surface area (Å²) in [5.74, 6) is 1.62. The van der Waals surface area contributed by atoms with Crippen molar-refractivity contribution in [1.82, 2.24) is 5.32 Å². The van der Waals surface area contributed by atoms with E-state index in [-0.39, 0.29) is 6.04 Å². The van der Waals surface area contributed by atoms with E-state index >= 15 is 0 Å². The van der Waals surface area contributed by atoms with Crippen LogP contribution in [0.4, 0.5) is 0 Å². The molecule has 0 aliphatic rings. The van der Waals surface area contributed by atoms with Crippen LogP contribution >= 0.6 is 15.9 Å². The van der Waals surface area contributed by atoms with Gasteiger partial charge in [-0.15, -0.1) is 0 Å². The molecule has 0 spiro atoms. The number of aryl methyl sites for hydroxylation is 1. The van der Waals surface area contributed by atoms with Gasteiger partial charge in [-0.2, -0.15) is 0 Å². The van der Waals surface area contributed by atoms with Crippen LogP contribution in [0.15, 0.2) is 40.9 Å². The topological polar surface area (TPSA) is 30.5 Å². The molecule has 0 amide bonds. The molecule has 4 heteroatoms. The highest BCUT2D eigenvalue weighted by Crippen LogP contribution is 2.38. The van der Waals surface area contributed by atoms with Gasteiger partial charge in [0.1, 0.15) is 11.5 Å². The van der Waals surface area contributed by atoms with Crippen molar-refractivity contribution in [3.8, 4) is 11.5 Å². The Bertz CT molecular complexity index is 628. The quantitative estimate of drug-likeness (QED) is 0.881. The van der Waals surface area contributed by atoms with Crippen molar-refractivity contribution in [2.75, 3.05) is 21.3 Å². The molecule has 0 fully saturated rings. The molecule has 112 valence electrons. The number of halogens is 1. The van der Waals surface area contributed by atoms with Gasteiger partial charge in [0, 0.05) is 5.56 Å². The fourth-order valence-electron chi connectivity index (χ4n) is 2.50. The predicted octanol–water partition coefficient (Wildman–Crippen LogP) is 4.08. The summed E-state index contributed by atoms with van der Waals surface area (Å²) in [4.78, 5) is 0. The first-order valence-corrected chi connectivity index (χ1v) is 7.55. The van der Waals surface area contributed by atoms with Crippen molar-refractivity contribution in [3.05, 3.63) is 57.6 Å². The molecule has 0 saturated heterocycles. The van der Waals surface area contributed by atoms with Gasteiger partial charge < -0.3 is 14.8 Å². The maximum Gasteiger partial charge on any atom is 0.133 e. The summed E-state index contributed by atoms with van der Waals surface area (Å²) in [7, 11) is 5.30. The summed E-state index contributed by atoms with van der Waals surface area (Å²) in [5.41, 5.74) is 3.51. The zero-order chi connectivity index (χ0) is 15.4.